The minimum absolute atomic E-state index is 0.0440. The Morgan fingerprint density at radius 1 is 1.13 bits per heavy atom. The van der Waals surface area contributed by atoms with Gasteiger partial charge < -0.3 is 9.47 Å². The van der Waals surface area contributed by atoms with Crippen LogP contribution in [0, 0.1) is 6.92 Å². The van der Waals surface area contributed by atoms with Crippen molar-refractivity contribution >= 4 is 39.3 Å². The van der Waals surface area contributed by atoms with Crippen LogP contribution in [-0.4, -0.2) is 40.5 Å². The fourth-order valence-electron chi connectivity index (χ4n) is 2.69. The van der Waals surface area contributed by atoms with Crippen LogP contribution in [0.4, 0.5) is 0 Å². The summed E-state index contributed by atoms with van der Waals surface area (Å²) in [6.45, 7) is 2.76. The number of nitrogens with one attached hydrogen (secondary N) is 2. The Morgan fingerprint density at radius 2 is 1.87 bits per heavy atom. The maximum atomic E-state index is 12.8. The number of benzene rings is 1. The Bertz CT molecular complexity index is 1170. The van der Waals surface area contributed by atoms with Crippen LogP contribution in [0.15, 0.2) is 41.5 Å². The molecule has 0 fully saturated rings. The van der Waals surface area contributed by atoms with Crippen molar-refractivity contribution in [3.05, 3.63) is 57.5 Å². The molecule has 31 heavy (non-hydrogen) atoms. The molecule has 0 saturated carbocycles. The Kier molecular flexibility index (Phi) is 6.98. The first-order chi connectivity index (χ1) is 14.9. The number of fused-ring (bicyclic) bond motifs is 1. The Hall–Kier alpha value is -3.73. The van der Waals surface area contributed by atoms with E-state index in [-0.39, 0.29) is 30.0 Å². The van der Waals surface area contributed by atoms with Gasteiger partial charge in [0.25, 0.3) is 11.5 Å². The SMILES string of the molecule is CC(=O)NNC(=O)Cn1cnc2sc(C(=O)OCCOc3ccccc3)c(C)c2c1=O. The highest BCUT2D eigenvalue weighted by Crippen LogP contribution is 2.27. The van der Waals surface area contributed by atoms with Gasteiger partial charge in [-0.25, -0.2) is 9.78 Å². The van der Waals surface area contributed by atoms with Gasteiger partial charge in [0, 0.05) is 6.92 Å². The number of aryl methyl sites for hydroxylation is 1. The van der Waals surface area contributed by atoms with Crippen molar-refractivity contribution in [2.45, 2.75) is 20.4 Å². The highest BCUT2D eigenvalue weighted by Gasteiger charge is 2.21. The third-order valence-electron chi connectivity index (χ3n) is 4.12. The van der Waals surface area contributed by atoms with Crippen molar-refractivity contribution in [1.29, 1.82) is 0 Å². The van der Waals surface area contributed by atoms with E-state index in [9.17, 15) is 19.2 Å². The number of para-hydroxylation sites is 1. The minimum Gasteiger partial charge on any atom is -0.490 e. The van der Waals surface area contributed by atoms with Gasteiger partial charge in [-0.1, -0.05) is 18.2 Å². The molecular weight excluding hydrogens is 424 g/mol. The number of ether oxygens (including phenoxy) is 2. The fourth-order valence-corrected chi connectivity index (χ4v) is 3.73. The Labute approximate surface area is 180 Å². The molecule has 0 aliphatic rings. The van der Waals surface area contributed by atoms with Gasteiger partial charge in [-0.2, -0.15) is 0 Å². The number of aromatic nitrogens is 2. The molecule has 0 bridgehead atoms. The van der Waals surface area contributed by atoms with Crippen molar-refractivity contribution in [2.24, 2.45) is 0 Å². The number of hydrogen-bond donors (Lipinski definition) is 2. The van der Waals surface area contributed by atoms with Gasteiger partial charge >= 0.3 is 5.97 Å². The van der Waals surface area contributed by atoms with Crippen molar-refractivity contribution in [3.8, 4) is 5.75 Å². The standard InChI is InChI=1S/C20H20N4O6S/c1-12-16-18(21-11-24(19(16)27)10-15(26)23-22-13(2)25)31-17(12)20(28)30-9-8-29-14-6-4-3-5-7-14/h3-7,11H,8-10H2,1-2H3,(H,22,25)(H,23,26). The van der Waals surface area contributed by atoms with Gasteiger partial charge in [0.15, 0.2) is 0 Å². The number of nitrogens with zero attached hydrogens (tertiary/aromatic N) is 2. The summed E-state index contributed by atoms with van der Waals surface area (Å²) in [6.07, 6.45) is 1.22. The summed E-state index contributed by atoms with van der Waals surface area (Å²) in [5, 5.41) is 0.243. The Balaban J connectivity index is 1.67. The van der Waals surface area contributed by atoms with E-state index in [2.05, 4.69) is 15.8 Å². The average Bonchev–Trinajstić information content (AvgIpc) is 3.09. The van der Waals surface area contributed by atoms with Gasteiger partial charge in [-0.15, -0.1) is 11.3 Å². The largest absolute Gasteiger partial charge is 0.490 e. The zero-order valence-corrected chi connectivity index (χ0v) is 17.7. The van der Waals surface area contributed by atoms with Crippen molar-refractivity contribution in [2.75, 3.05) is 13.2 Å². The average molecular weight is 444 g/mol. The Morgan fingerprint density at radius 3 is 2.58 bits per heavy atom. The minimum atomic E-state index is -0.593. The summed E-state index contributed by atoms with van der Waals surface area (Å²) in [6, 6.07) is 9.14. The summed E-state index contributed by atoms with van der Waals surface area (Å²) in [7, 11) is 0. The van der Waals surface area contributed by atoms with E-state index in [0.29, 0.717) is 16.1 Å². The second-order valence-electron chi connectivity index (χ2n) is 6.44. The van der Waals surface area contributed by atoms with Crippen LogP contribution < -0.4 is 21.1 Å². The molecule has 2 aromatic heterocycles. The van der Waals surface area contributed by atoms with E-state index in [1.807, 2.05) is 18.2 Å². The van der Waals surface area contributed by atoms with Gasteiger partial charge in [-0.3, -0.25) is 29.8 Å². The molecule has 0 aliphatic carbocycles. The quantitative estimate of drug-likeness (QED) is 0.318. The molecule has 2 N–H and O–H groups in total. The number of amides is 2. The highest BCUT2D eigenvalue weighted by atomic mass is 32.1. The maximum Gasteiger partial charge on any atom is 0.348 e. The fraction of sp³-hybridized carbons (Fsp3) is 0.250. The molecule has 2 amide bonds. The number of carbonyl (C=O) groups is 3. The van der Waals surface area contributed by atoms with Crippen molar-refractivity contribution < 1.29 is 23.9 Å². The summed E-state index contributed by atoms with van der Waals surface area (Å²) in [4.78, 5) is 52.8. The zero-order valence-electron chi connectivity index (χ0n) is 16.8. The van der Waals surface area contributed by atoms with Crippen LogP contribution in [0.1, 0.15) is 22.2 Å². The molecule has 0 saturated heterocycles. The molecule has 11 heteroatoms. The summed E-state index contributed by atoms with van der Waals surface area (Å²) in [5.41, 5.74) is 4.28. The van der Waals surface area contributed by atoms with Crippen LogP contribution in [0.3, 0.4) is 0 Å². The van der Waals surface area contributed by atoms with E-state index in [0.717, 1.165) is 15.9 Å². The predicted molar refractivity (Wildman–Crippen MR) is 113 cm³/mol. The smallest absolute Gasteiger partial charge is 0.348 e. The van der Waals surface area contributed by atoms with Crippen LogP contribution in [0.25, 0.3) is 10.2 Å². The van der Waals surface area contributed by atoms with E-state index in [1.165, 1.54) is 13.3 Å². The van der Waals surface area contributed by atoms with E-state index < -0.39 is 23.3 Å². The summed E-state index contributed by atoms with van der Waals surface area (Å²) < 4.78 is 11.8. The molecule has 3 aromatic rings. The maximum absolute atomic E-state index is 12.8. The summed E-state index contributed by atoms with van der Waals surface area (Å²) in [5.74, 6) is -0.944. The normalized spacial score (nSPS) is 10.5. The van der Waals surface area contributed by atoms with Crippen molar-refractivity contribution in [1.82, 2.24) is 20.4 Å². The number of rotatable bonds is 7. The first-order valence-electron chi connectivity index (χ1n) is 9.25. The topological polar surface area (TPSA) is 129 Å². The van der Waals surface area contributed by atoms with Gasteiger partial charge in [-0.05, 0) is 24.6 Å². The zero-order chi connectivity index (χ0) is 22.4. The van der Waals surface area contributed by atoms with Crippen LogP contribution in [0.5, 0.6) is 5.75 Å². The van der Waals surface area contributed by atoms with Gasteiger partial charge in [0.2, 0.25) is 5.91 Å². The molecular formula is C20H20N4O6S. The van der Waals surface area contributed by atoms with Crippen LogP contribution in [0.2, 0.25) is 0 Å². The number of thiophene rings is 1. The predicted octanol–water partition coefficient (Wildman–Crippen LogP) is 1.17. The lowest BCUT2D eigenvalue weighted by molar-refractivity contribution is -0.128. The second-order valence-corrected chi connectivity index (χ2v) is 7.44. The molecule has 0 radical (unpaired) electrons. The monoisotopic (exact) mass is 444 g/mol. The third-order valence-corrected chi connectivity index (χ3v) is 5.30. The molecule has 1 aromatic carbocycles. The molecule has 0 aliphatic heterocycles. The number of carbonyl (C=O) groups excluding carboxylic acids is 3. The second kappa shape index (κ2) is 9.85. The molecule has 10 nitrogen and oxygen atoms in total. The molecule has 2 heterocycles. The lowest BCUT2D eigenvalue weighted by Gasteiger charge is -2.07. The summed E-state index contributed by atoms with van der Waals surface area (Å²) >= 11 is 1.04. The molecule has 0 spiro atoms. The molecule has 3 rings (SSSR count). The van der Waals surface area contributed by atoms with Gasteiger partial charge in [0.1, 0.15) is 35.2 Å². The number of hydrogen-bond acceptors (Lipinski definition) is 8. The molecule has 162 valence electrons. The number of esters is 1. The van der Waals surface area contributed by atoms with E-state index >= 15 is 0 Å². The lowest BCUT2D eigenvalue weighted by Crippen LogP contribution is -2.43. The van der Waals surface area contributed by atoms with E-state index in [1.54, 1.807) is 19.1 Å². The van der Waals surface area contributed by atoms with Gasteiger partial charge in [0.05, 0.1) is 11.7 Å². The number of hydrazine groups is 1. The first kappa shape index (κ1) is 22.0. The van der Waals surface area contributed by atoms with Crippen LogP contribution in [-0.2, 0) is 20.9 Å². The van der Waals surface area contributed by atoms with E-state index in [4.69, 9.17) is 9.47 Å². The highest BCUT2D eigenvalue weighted by molar-refractivity contribution is 7.20. The first-order valence-corrected chi connectivity index (χ1v) is 10.1. The lowest BCUT2D eigenvalue weighted by atomic mass is 10.2. The van der Waals surface area contributed by atoms with Crippen molar-refractivity contribution in [3.63, 3.8) is 0 Å². The molecule has 0 unspecified atom stereocenters. The van der Waals surface area contributed by atoms with Crippen LogP contribution >= 0.6 is 11.3 Å². The molecule has 0 atom stereocenters. The third kappa shape index (κ3) is 5.45.